The summed E-state index contributed by atoms with van der Waals surface area (Å²) < 4.78 is 6.32. The molecular weight excluding hydrogens is 506 g/mol. The minimum atomic E-state index is -0.541. The molecule has 2 fully saturated rings. The topological polar surface area (TPSA) is 112 Å². The third-order valence-electron chi connectivity index (χ3n) is 7.81. The fourth-order valence-electron chi connectivity index (χ4n) is 5.62. The van der Waals surface area contributed by atoms with E-state index in [0.717, 1.165) is 24.0 Å². The lowest BCUT2D eigenvalue weighted by Gasteiger charge is -2.43. The molecule has 2 aliphatic rings. The number of halogens is 1. The van der Waals surface area contributed by atoms with Crippen molar-refractivity contribution in [1.82, 2.24) is 25.2 Å². The predicted molar refractivity (Wildman–Crippen MR) is 144 cm³/mol. The molecule has 3 aromatic rings. The van der Waals surface area contributed by atoms with Crippen LogP contribution in [0.3, 0.4) is 0 Å². The molecule has 0 spiro atoms. The Morgan fingerprint density at radius 1 is 1.08 bits per heavy atom. The van der Waals surface area contributed by atoms with Crippen molar-refractivity contribution >= 4 is 34.4 Å². The Hall–Kier alpha value is -3.17. The van der Waals surface area contributed by atoms with Crippen LogP contribution in [-0.4, -0.2) is 81.0 Å². The van der Waals surface area contributed by atoms with Crippen molar-refractivity contribution in [3.8, 4) is 5.75 Å². The van der Waals surface area contributed by atoms with Crippen molar-refractivity contribution in [2.75, 3.05) is 32.8 Å². The van der Waals surface area contributed by atoms with Crippen molar-refractivity contribution < 1.29 is 19.4 Å². The quantitative estimate of drug-likeness (QED) is 0.491. The largest absolute Gasteiger partial charge is 0.493 e. The van der Waals surface area contributed by atoms with Crippen LogP contribution in [0.15, 0.2) is 30.3 Å². The zero-order valence-corrected chi connectivity index (χ0v) is 22.6. The van der Waals surface area contributed by atoms with E-state index in [2.05, 4.69) is 15.4 Å². The standard InChI is InChI=1S/C28H34ClN5O4/c1-18-12-22(13-19(2)26(18)29)38-17-28(15-25(36)33-10-6-21(35)7-11-33)8-3-9-34(16-28)27(37)20-4-5-23-24(14-20)31-32-30-23/h4-5,12-14,21,35H,3,6-11,15-17H2,1-2H3,(H,30,31,32)/t28-/m0/s1. The second kappa shape index (κ2) is 10.9. The third-order valence-corrected chi connectivity index (χ3v) is 8.41. The van der Waals surface area contributed by atoms with Crippen LogP contribution >= 0.6 is 11.6 Å². The number of piperidine rings is 2. The molecule has 10 heteroatoms. The van der Waals surface area contributed by atoms with Gasteiger partial charge in [-0.3, -0.25) is 9.59 Å². The Balaban J connectivity index is 1.37. The Labute approximate surface area is 227 Å². The number of fused-ring (bicyclic) bond motifs is 1. The molecule has 0 aliphatic carbocycles. The number of amides is 2. The van der Waals surface area contributed by atoms with Crippen LogP contribution in [0, 0.1) is 19.3 Å². The zero-order valence-electron chi connectivity index (χ0n) is 21.9. The van der Waals surface area contributed by atoms with Gasteiger partial charge in [0, 0.05) is 48.6 Å². The molecule has 0 bridgehead atoms. The number of likely N-dealkylation sites (tertiary alicyclic amines) is 2. The van der Waals surface area contributed by atoms with E-state index in [1.165, 1.54) is 0 Å². The average Bonchev–Trinajstić information content (AvgIpc) is 3.38. The lowest BCUT2D eigenvalue weighted by atomic mass is 9.77. The lowest BCUT2D eigenvalue weighted by molar-refractivity contribution is -0.137. The van der Waals surface area contributed by atoms with Gasteiger partial charge in [-0.2, -0.15) is 15.4 Å². The first-order valence-electron chi connectivity index (χ1n) is 13.2. The number of aliphatic hydroxyl groups excluding tert-OH is 1. The average molecular weight is 540 g/mol. The van der Waals surface area contributed by atoms with Crippen LogP contribution < -0.4 is 4.74 Å². The molecule has 0 radical (unpaired) electrons. The van der Waals surface area contributed by atoms with Crippen LogP contribution in [0.5, 0.6) is 5.75 Å². The molecule has 0 unspecified atom stereocenters. The maximum absolute atomic E-state index is 13.6. The van der Waals surface area contributed by atoms with E-state index in [-0.39, 0.29) is 24.3 Å². The summed E-state index contributed by atoms with van der Waals surface area (Å²) in [6.45, 7) is 6.32. The number of hydrogen-bond acceptors (Lipinski definition) is 6. The van der Waals surface area contributed by atoms with Crippen molar-refractivity contribution in [2.24, 2.45) is 5.41 Å². The number of ether oxygens (including phenoxy) is 1. The van der Waals surface area contributed by atoms with Gasteiger partial charge in [0.2, 0.25) is 5.91 Å². The van der Waals surface area contributed by atoms with Gasteiger partial charge in [-0.15, -0.1) is 0 Å². The summed E-state index contributed by atoms with van der Waals surface area (Å²) in [5.74, 6) is 0.658. The molecule has 2 saturated heterocycles. The second-order valence-electron chi connectivity index (χ2n) is 10.8. The monoisotopic (exact) mass is 539 g/mol. The number of hydrogen-bond donors (Lipinski definition) is 2. The molecule has 2 aliphatic heterocycles. The third kappa shape index (κ3) is 5.63. The van der Waals surface area contributed by atoms with Gasteiger partial charge in [-0.25, -0.2) is 0 Å². The number of carbonyl (C=O) groups is 2. The summed E-state index contributed by atoms with van der Waals surface area (Å²) in [6.07, 6.45) is 2.65. The number of benzene rings is 2. The number of rotatable bonds is 6. The number of aryl methyl sites for hydroxylation is 2. The first-order chi connectivity index (χ1) is 18.2. The number of aromatic nitrogens is 3. The first-order valence-corrected chi connectivity index (χ1v) is 13.6. The number of nitrogens with zero attached hydrogens (tertiary/aromatic N) is 4. The molecule has 0 saturated carbocycles. The molecule has 1 aromatic heterocycles. The number of aromatic amines is 1. The highest BCUT2D eigenvalue weighted by molar-refractivity contribution is 6.32. The highest BCUT2D eigenvalue weighted by atomic mass is 35.5. The number of H-pyrrole nitrogens is 1. The van der Waals surface area contributed by atoms with Crippen LogP contribution in [0.1, 0.15) is 53.6 Å². The van der Waals surface area contributed by atoms with E-state index in [1.54, 1.807) is 18.2 Å². The van der Waals surface area contributed by atoms with Gasteiger partial charge in [-0.05, 0) is 81.0 Å². The van der Waals surface area contributed by atoms with E-state index in [9.17, 15) is 14.7 Å². The Morgan fingerprint density at radius 3 is 2.53 bits per heavy atom. The molecule has 2 aromatic carbocycles. The SMILES string of the molecule is Cc1cc(OC[C@]2(CC(=O)N3CCC(O)CC3)CCCN(C(=O)c3ccc4n[nH]nc4c3)C2)cc(C)c1Cl. The predicted octanol–water partition coefficient (Wildman–Crippen LogP) is 3.90. The van der Waals surface area contributed by atoms with Gasteiger partial charge >= 0.3 is 0 Å². The summed E-state index contributed by atoms with van der Waals surface area (Å²) in [5, 5.41) is 21.4. The Morgan fingerprint density at radius 2 is 1.79 bits per heavy atom. The molecule has 1 atom stereocenters. The fourth-order valence-corrected chi connectivity index (χ4v) is 5.73. The highest BCUT2D eigenvalue weighted by Gasteiger charge is 2.41. The summed E-state index contributed by atoms with van der Waals surface area (Å²) in [4.78, 5) is 30.7. The normalized spacial score (nSPS) is 20.6. The smallest absolute Gasteiger partial charge is 0.253 e. The van der Waals surface area contributed by atoms with E-state index in [1.807, 2.05) is 35.8 Å². The van der Waals surface area contributed by atoms with Crippen LogP contribution in [0.2, 0.25) is 5.02 Å². The molecule has 5 rings (SSSR count). The van der Waals surface area contributed by atoms with E-state index in [4.69, 9.17) is 16.3 Å². The van der Waals surface area contributed by atoms with Gasteiger partial charge in [0.25, 0.3) is 5.91 Å². The van der Waals surface area contributed by atoms with E-state index in [0.29, 0.717) is 73.0 Å². The van der Waals surface area contributed by atoms with Crippen molar-refractivity contribution in [3.05, 3.63) is 52.0 Å². The fraction of sp³-hybridized carbons (Fsp3) is 0.500. The van der Waals surface area contributed by atoms with Crippen LogP contribution in [0.4, 0.5) is 0 Å². The van der Waals surface area contributed by atoms with Crippen molar-refractivity contribution in [2.45, 2.75) is 52.1 Å². The maximum atomic E-state index is 13.6. The highest BCUT2D eigenvalue weighted by Crippen LogP contribution is 2.37. The summed E-state index contributed by atoms with van der Waals surface area (Å²) in [7, 11) is 0. The second-order valence-corrected chi connectivity index (χ2v) is 11.2. The zero-order chi connectivity index (χ0) is 26.9. The Bertz CT molecular complexity index is 1310. The lowest BCUT2D eigenvalue weighted by Crippen LogP contribution is -2.51. The van der Waals surface area contributed by atoms with Crippen LogP contribution in [0.25, 0.3) is 11.0 Å². The first kappa shape index (κ1) is 26.4. The number of carbonyl (C=O) groups excluding carboxylic acids is 2. The van der Waals surface area contributed by atoms with Gasteiger partial charge < -0.3 is 19.6 Å². The summed E-state index contributed by atoms with van der Waals surface area (Å²) in [6, 6.07) is 9.12. The summed E-state index contributed by atoms with van der Waals surface area (Å²) >= 11 is 6.35. The van der Waals surface area contributed by atoms with Gasteiger partial charge in [-0.1, -0.05) is 11.6 Å². The molecule has 9 nitrogen and oxygen atoms in total. The molecular formula is C28H34ClN5O4. The molecule has 3 heterocycles. The molecule has 202 valence electrons. The Kier molecular flexibility index (Phi) is 7.59. The van der Waals surface area contributed by atoms with Crippen molar-refractivity contribution in [1.29, 1.82) is 0 Å². The minimum absolute atomic E-state index is 0.0438. The number of nitrogens with one attached hydrogen (secondary N) is 1. The molecule has 38 heavy (non-hydrogen) atoms. The summed E-state index contributed by atoms with van der Waals surface area (Å²) in [5.41, 5.74) is 3.21. The van der Waals surface area contributed by atoms with E-state index >= 15 is 0 Å². The van der Waals surface area contributed by atoms with E-state index < -0.39 is 5.41 Å². The molecule has 2 amide bonds. The van der Waals surface area contributed by atoms with Crippen LogP contribution in [-0.2, 0) is 4.79 Å². The number of aliphatic hydroxyl groups is 1. The van der Waals surface area contributed by atoms with Gasteiger partial charge in [0.15, 0.2) is 0 Å². The van der Waals surface area contributed by atoms with Gasteiger partial charge in [0.05, 0.1) is 12.7 Å². The van der Waals surface area contributed by atoms with Gasteiger partial charge in [0.1, 0.15) is 16.8 Å². The maximum Gasteiger partial charge on any atom is 0.253 e. The van der Waals surface area contributed by atoms with Crippen molar-refractivity contribution in [3.63, 3.8) is 0 Å². The molecule has 2 N–H and O–H groups in total. The minimum Gasteiger partial charge on any atom is -0.493 e.